The number of amides is 1. The van der Waals surface area contributed by atoms with Crippen LogP contribution >= 0.6 is 0 Å². The summed E-state index contributed by atoms with van der Waals surface area (Å²) in [5, 5.41) is 1.00. The lowest BCUT2D eigenvalue weighted by Crippen LogP contribution is -2.48. The lowest BCUT2D eigenvalue weighted by Gasteiger charge is -2.37. The van der Waals surface area contributed by atoms with Crippen LogP contribution in [0.5, 0.6) is 0 Å². The van der Waals surface area contributed by atoms with Crippen LogP contribution in [0.25, 0.3) is 10.9 Å². The Balaban J connectivity index is 2.27. The monoisotopic (exact) mass is 344 g/mol. The Hall–Kier alpha value is -2.30. The zero-order chi connectivity index (χ0) is 18.8. The van der Waals surface area contributed by atoms with E-state index in [1.54, 1.807) is 11.0 Å². The summed E-state index contributed by atoms with van der Waals surface area (Å²) in [6, 6.07) is 9.31. The van der Waals surface area contributed by atoms with E-state index in [-0.39, 0.29) is 17.2 Å². The normalized spacial score (nSPS) is 12.2. The third kappa shape index (κ3) is 5.08. The van der Waals surface area contributed by atoms with E-state index in [1.807, 2.05) is 65.8 Å². The average molecular weight is 344 g/mol. The predicted octanol–water partition coefficient (Wildman–Crippen LogP) is 4.11. The lowest BCUT2D eigenvalue weighted by molar-refractivity contribution is 0.00666. The molecule has 0 saturated heterocycles. The molecule has 0 aliphatic heterocycles. The molecule has 136 valence electrons. The number of hydrogen-bond donors (Lipinski definition) is 1. The Morgan fingerprint density at radius 1 is 1.12 bits per heavy atom. The number of fused-ring (bicyclic) bond motifs is 1. The number of H-pyrrole nitrogens is 1. The molecule has 0 radical (unpaired) electrons. The summed E-state index contributed by atoms with van der Waals surface area (Å²) in [6.07, 6.45) is 0.246. The number of carbonyl (C=O) groups excluding carboxylic acids is 1. The summed E-state index contributed by atoms with van der Waals surface area (Å²) >= 11 is 0. The fourth-order valence-electron chi connectivity index (χ4n) is 2.73. The Labute approximate surface area is 149 Å². The van der Waals surface area contributed by atoms with Crippen molar-refractivity contribution in [3.8, 4) is 0 Å². The fourth-order valence-corrected chi connectivity index (χ4v) is 2.73. The van der Waals surface area contributed by atoms with Gasteiger partial charge >= 0.3 is 6.09 Å². The topological polar surface area (TPSA) is 62.4 Å². The van der Waals surface area contributed by atoms with Crippen LogP contribution < -0.4 is 5.56 Å². The van der Waals surface area contributed by atoms with Crippen LogP contribution in [0.15, 0.2) is 35.1 Å². The van der Waals surface area contributed by atoms with Crippen molar-refractivity contribution in [1.29, 1.82) is 0 Å². The van der Waals surface area contributed by atoms with Crippen molar-refractivity contribution in [2.45, 2.75) is 59.1 Å². The molecule has 1 heterocycles. The van der Waals surface area contributed by atoms with E-state index in [0.717, 1.165) is 16.5 Å². The first-order valence-electron chi connectivity index (χ1n) is 8.59. The molecule has 0 bridgehead atoms. The van der Waals surface area contributed by atoms with E-state index in [4.69, 9.17) is 4.74 Å². The molecule has 0 fully saturated rings. The SMILES string of the molecule is CC(C)(C)OC(=O)N(CCc1cc(=O)[nH]c2ccccc12)C(C)(C)C. The Morgan fingerprint density at radius 2 is 1.76 bits per heavy atom. The van der Waals surface area contributed by atoms with Gasteiger partial charge in [-0.1, -0.05) is 18.2 Å². The Kier molecular flexibility index (Phi) is 5.26. The number of pyridine rings is 1. The van der Waals surface area contributed by atoms with Gasteiger partial charge in [0.2, 0.25) is 5.56 Å². The zero-order valence-corrected chi connectivity index (χ0v) is 16.0. The highest BCUT2D eigenvalue weighted by Gasteiger charge is 2.30. The molecule has 25 heavy (non-hydrogen) atoms. The van der Waals surface area contributed by atoms with Crippen LogP contribution in [-0.2, 0) is 11.2 Å². The maximum absolute atomic E-state index is 12.6. The van der Waals surface area contributed by atoms with Gasteiger partial charge in [0.05, 0.1) is 0 Å². The van der Waals surface area contributed by atoms with E-state index >= 15 is 0 Å². The first-order chi connectivity index (χ1) is 11.5. The molecule has 5 heteroatoms. The Morgan fingerprint density at radius 3 is 2.36 bits per heavy atom. The van der Waals surface area contributed by atoms with Gasteiger partial charge in [0, 0.05) is 29.1 Å². The second-order valence-corrected chi connectivity index (χ2v) is 8.26. The van der Waals surface area contributed by atoms with Gasteiger partial charge in [-0.25, -0.2) is 4.79 Å². The molecule has 2 aromatic rings. The average Bonchev–Trinajstić information content (AvgIpc) is 2.43. The van der Waals surface area contributed by atoms with Crippen molar-refractivity contribution in [1.82, 2.24) is 9.88 Å². The number of ether oxygens (including phenoxy) is 1. The summed E-state index contributed by atoms with van der Waals surface area (Å²) in [5.41, 5.74) is 0.686. The lowest BCUT2D eigenvalue weighted by atomic mass is 10.0. The molecule has 0 atom stereocenters. The summed E-state index contributed by atoms with van der Waals surface area (Å²) < 4.78 is 5.55. The van der Waals surface area contributed by atoms with Crippen LogP contribution in [0.2, 0.25) is 0 Å². The molecule has 0 saturated carbocycles. The van der Waals surface area contributed by atoms with E-state index in [9.17, 15) is 9.59 Å². The van der Waals surface area contributed by atoms with Crippen LogP contribution in [0.3, 0.4) is 0 Å². The third-order valence-electron chi connectivity index (χ3n) is 3.86. The second kappa shape index (κ2) is 6.90. The number of para-hydroxylation sites is 1. The predicted molar refractivity (Wildman–Crippen MR) is 101 cm³/mol. The van der Waals surface area contributed by atoms with Crippen LogP contribution in [-0.4, -0.2) is 33.7 Å². The molecule has 1 N–H and O–H groups in total. The highest BCUT2D eigenvalue weighted by atomic mass is 16.6. The van der Waals surface area contributed by atoms with E-state index in [1.165, 1.54) is 0 Å². The van der Waals surface area contributed by atoms with Crippen molar-refractivity contribution in [3.63, 3.8) is 0 Å². The van der Waals surface area contributed by atoms with Gasteiger partial charge in [-0.15, -0.1) is 0 Å². The fraction of sp³-hybridized carbons (Fsp3) is 0.500. The third-order valence-corrected chi connectivity index (χ3v) is 3.86. The number of nitrogens with one attached hydrogen (secondary N) is 1. The van der Waals surface area contributed by atoms with Gasteiger partial charge in [-0.3, -0.25) is 4.79 Å². The summed E-state index contributed by atoms with van der Waals surface area (Å²) in [5.74, 6) is 0. The minimum Gasteiger partial charge on any atom is -0.444 e. The maximum atomic E-state index is 12.6. The molecule has 2 rings (SSSR count). The first-order valence-corrected chi connectivity index (χ1v) is 8.59. The van der Waals surface area contributed by atoms with Gasteiger partial charge in [0.25, 0.3) is 0 Å². The first kappa shape index (κ1) is 19.0. The largest absolute Gasteiger partial charge is 0.444 e. The highest BCUT2D eigenvalue weighted by molar-refractivity contribution is 5.81. The minimum atomic E-state index is -0.544. The number of hydrogen-bond acceptors (Lipinski definition) is 3. The van der Waals surface area contributed by atoms with E-state index in [2.05, 4.69) is 4.98 Å². The number of carbonyl (C=O) groups is 1. The number of rotatable bonds is 3. The summed E-state index contributed by atoms with van der Waals surface area (Å²) in [6.45, 7) is 12.0. The number of aromatic nitrogens is 1. The minimum absolute atomic E-state index is 0.131. The van der Waals surface area contributed by atoms with Crippen LogP contribution in [0.4, 0.5) is 4.79 Å². The molecular formula is C20H28N2O3. The molecular weight excluding hydrogens is 316 g/mol. The van der Waals surface area contributed by atoms with Gasteiger partial charge < -0.3 is 14.6 Å². The van der Waals surface area contributed by atoms with E-state index < -0.39 is 5.60 Å². The van der Waals surface area contributed by atoms with Crippen molar-refractivity contribution in [2.75, 3.05) is 6.54 Å². The molecule has 5 nitrogen and oxygen atoms in total. The smallest absolute Gasteiger partial charge is 0.410 e. The zero-order valence-electron chi connectivity index (χ0n) is 16.0. The number of aromatic amines is 1. The van der Waals surface area contributed by atoms with Crippen molar-refractivity contribution in [3.05, 3.63) is 46.2 Å². The van der Waals surface area contributed by atoms with Gasteiger partial charge in [0.1, 0.15) is 5.60 Å². The maximum Gasteiger partial charge on any atom is 0.410 e. The molecule has 0 aliphatic carbocycles. The van der Waals surface area contributed by atoms with Crippen LogP contribution in [0, 0.1) is 0 Å². The summed E-state index contributed by atoms with van der Waals surface area (Å²) in [7, 11) is 0. The molecule has 0 unspecified atom stereocenters. The van der Waals surface area contributed by atoms with Gasteiger partial charge in [0.15, 0.2) is 0 Å². The number of benzene rings is 1. The molecule has 1 aromatic heterocycles. The quantitative estimate of drug-likeness (QED) is 0.911. The molecule has 0 aliphatic rings. The van der Waals surface area contributed by atoms with Gasteiger partial charge in [-0.2, -0.15) is 0 Å². The molecule has 0 spiro atoms. The van der Waals surface area contributed by atoms with Crippen LogP contribution in [0.1, 0.15) is 47.1 Å². The standard InChI is InChI=1S/C20H28N2O3/c1-19(2,3)22(18(24)25-20(4,5)6)12-11-14-13-17(23)21-16-10-8-7-9-15(14)16/h7-10,13H,11-12H2,1-6H3,(H,21,23). The van der Waals surface area contributed by atoms with Crippen molar-refractivity contribution >= 4 is 17.0 Å². The van der Waals surface area contributed by atoms with Crippen molar-refractivity contribution < 1.29 is 9.53 Å². The Bertz CT molecular complexity index is 810. The summed E-state index contributed by atoms with van der Waals surface area (Å²) in [4.78, 5) is 29.1. The highest BCUT2D eigenvalue weighted by Crippen LogP contribution is 2.21. The number of nitrogens with zero attached hydrogens (tertiary/aromatic N) is 1. The van der Waals surface area contributed by atoms with Crippen molar-refractivity contribution in [2.24, 2.45) is 0 Å². The molecule has 1 aromatic carbocycles. The van der Waals surface area contributed by atoms with Gasteiger partial charge in [-0.05, 0) is 59.6 Å². The second-order valence-electron chi connectivity index (χ2n) is 8.26. The molecule has 1 amide bonds. The van der Waals surface area contributed by atoms with E-state index in [0.29, 0.717) is 13.0 Å².